The summed E-state index contributed by atoms with van der Waals surface area (Å²) in [4.78, 5) is 12.0. The van der Waals surface area contributed by atoms with Crippen molar-refractivity contribution in [2.45, 2.75) is 38.3 Å². The van der Waals surface area contributed by atoms with Gasteiger partial charge in [0.15, 0.2) is 0 Å². The number of amides is 2. The molecular formula is C16H21ClN2O2. The molecule has 1 heterocycles. The van der Waals surface area contributed by atoms with Crippen molar-refractivity contribution in [2.24, 2.45) is 5.41 Å². The van der Waals surface area contributed by atoms with Crippen LogP contribution in [0.1, 0.15) is 31.2 Å². The Bertz CT molecular complexity index is 498. The van der Waals surface area contributed by atoms with Crippen molar-refractivity contribution < 1.29 is 9.53 Å². The minimum atomic E-state index is -0.0829. The van der Waals surface area contributed by atoms with Crippen LogP contribution in [0.3, 0.4) is 0 Å². The molecule has 0 aromatic heterocycles. The van der Waals surface area contributed by atoms with Gasteiger partial charge in [0.05, 0.1) is 0 Å². The number of ether oxygens (including phenoxy) is 1. The maximum absolute atomic E-state index is 12.0. The lowest BCUT2D eigenvalue weighted by atomic mass is 9.60. The normalized spacial score (nSPS) is 23.4. The van der Waals surface area contributed by atoms with Gasteiger partial charge >= 0.3 is 6.03 Å². The second-order valence-corrected chi connectivity index (χ2v) is 6.46. The van der Waals surface area contributed by atoms with E-state index in [0.29, 0.717) is 17.6 Å². The highest BCUT2D eigenvalue weighted by Crippen LogP contribution is 2.48. The van der Waals surface area contributed by atoms with Gasteiger partial charge in [-0.3, -0.25) is 0 Å². The lowest BCUT2D eigenvalue weighted by Crippen LogP contribution is -2.58. The van der Waals surface area contributed by atoms with Crippen molar-refractivity contribution in [3.8, 4) is 0 Å². The zero-order valence-electron chi connectivity index (χ0n) is 12.0. The number of benzene rings is 1. The molecule has 5 heteroatoms. The maximum atomic E-state index is 12.0. The van der Waals surface area contributed by atoms with E-state index in [-0.39, 0.29) is 11.4 Å². The molecule has 1 saturated carbocycles. The van der Waals surface area contributed by atoms with Gasteiger partial charge in [0.2, 0.25) is 0 Å². The second kappa shape index (κ2) is 6.24. The highest BCUT2D eigenvalue weighted by atomic mass is 35.5. The van der Waals surface area contributed by atoms with Crippen LogP contribution in [0.2, 0.25) is 5.02 Å². The fourth-order valence-electron chi connectivity index (χ4n) is 3.29. The van der Waals surface area contributed by atoms with Crippen molar-refractivity contribution in [1.82, 2.24) is 10.6 Å². The third-order valence-corrected chi connectivity index (χ3v) is 5.08. The van der Waals surface area contributed by atoms with Gasteiger partial charge in [0.1, 0.15) is 0 Å². The van der Waals surface area contributed by atoms with Gasteiger partial charge in [0.25, 0.3) is 0 Å². The maximum Gasteiger partial charge on any atom is 0.315 e. The Balaban J connectivity index is 1.47. The van der Waals surface area contributed by atoms with Crippen molar-refractivity contribution in [3.63, 3.8) is 0 Å². The van der Waals surface area contributed by atoms with E-state index in [4.69, 9.17) is 16.3 Å². The Kier molecular flexibility index (Phi) is 4.36. The molecule has 1 aliphatic heterocycles. The van der Waals surface area contributed by atoms with Gasteiger partial charge in [0, 0.05) is 30.8 Å². The zero-order chi connectivity index (χ0) is 14.7. The van der Waals surface area contributed by atoms with E-state index in [1.54, 1.807) is 0 Å². The molecule has 1 unspecified atom stereocenters. The number of carbonyl (C=O) groups excluding carboxylic acids is 1. The molecule has 114 valence electrons. The van der Waals surface area contributed by atoms with E-state index in [0.717, 1.165) is 38.0 Å². The first kappa shape index (κ1) is 14.7. The van der Waals surface area contributed by atoms with E-state index in [2.05, 4.69) is 10.6 Å². The number of halogens is 1. The summed E-state index contributed by atoms with van der Waals surface area (Å²) in [6.07, 6.45) is 4.41. The van der Waals surface area contributed by atoms with Crippen LogP contribution in [-0.4, -0.2) is 25.3 Å². The predicted octanol–water partition coefficient (Wildman–Crippen LogP) is 3.10. The molecule has 1 spiro atoms. The summed E-state index contributed by atoms with van der Waals surface area (Å²) >= 11 is 5.84. The zero-order valence-corrected chi connectivity index (χ0v) is 12.8. The lowest BCUT2D eigenvalue weighted by Gasteiger charge is -2.51. The number of carbonyl (C=O) groups is 1. The summed E-state index contributed by atoms with van der Waals surface area (Å²) in [5.74, 6) is 0. The van der Waals surface area contributed by atoms with Crippen molar-refractivity contribution in [2.75, 3.05) is 13.2 Å². The van der Waals surface area contributed by atoms with Gasteiger partial charge in [-0.1, -0.05) is 23.7 Å². The molecule has 1 aromatic carbocycles. The summed E-state index contributed by atoms with van der Waals surface area (Å²) in [6.45, 7) is 2.17. The molecule has 1 atom stereocenters. The SMILES string of the molecule is O=C(NCc1ccc(Cl)cc1)NC1CCC12CCOCC2. The summed E-state index contributed by atoms with van der Waals surface area (Å²) in [5.41, 5.74) is 1.33. The van der Waals surface area contributed by atoms with Gasteiger partial charge < -0.3 is 15.4 Å². The Morgan fingerprint density at radius 2 is 1.95 bits per heavy atom. The van der Waals surface area contributed by atoms with Gasteiger partial charge in [-0.2, -0.15) is 0 Å². The molecule has 1 aliphatic carbocycles. The van der Waals surface area contributed by atoms with E-state index in [1.807, 2.05) is 24.3 Å². The highest BCUT2D eigenvalue weighted by Gasteiger charge is 2.47. The molecule has 21 heavy (non-hydrogen) atoms. The topological polar surface area (TPSA) is 50.4 Å². The molecule has 1 saturated heterocycles. The quantitative estimate of drug-likeness (QED) is 0.901. The average Bonchev–Trinajstić information content (AvgIpc) is 2.52. The molecule has 2 amide bonds. The van der Waals surface area contributed by atoms with Crippen LogP contribution in [0.5, 0.6) is 0 Å². The van der Waals surface area contributed by atoms with Crippen LogP contribution in [0, 0.1) is 5.41 Å². The molecular weight excluding hydrogens is 288 g/mol. The summed E-state index contributed by atoms with van der Waals surface area (Å²) in [5, 5.41) is 6.75. The first-order chi connectivity index (χ1) is 10.2. The van der Waals surface area contributed by atoms with Crippen LogP contribution in [0.15, 0.2) is 24.3 Å². The molecule has 3 rings (SSSR count). The summed E-state index contributed by atoms with van der Waals surface area (Å²) in [7, 11) is 0. The van der Waals surface area contributed by atoms with Crippen LogP contribution in [-0.2, 0) is 11.3 Å². The number of hydrogen-bond donors (Lipinski definition) is 2. The van der Waals surface area contributed by atoms with Crippen LogP contribution in [0.4, 0.5) is 4.79 Å². The standard InChI is InChI=1S/C16H21ClN2O2/c17-13-3-1-12(2-4-13)11-18-15(20)19-14-5-6-16(14)7-9-21-10-8-16/h1-4,14H,5-11H2,(H2,18,19,20). The Morgan fingerprint density at radius 1 is 1.24 bits per heavy atom. The number of urea groups is 1. The van der Waals surface area contributed by atoms with Crippen LogP contribution in [0.25, 0.3) is 0 Å². The monoisotopic (exact) mass is 308 g/mol. The minimum absolute atomic E-state index is 0.0829. The number of rotatable bonds is 3. The van der Waals surface area contributed by atoms with Gasteiger partial charge in [-0.05, 0) is 48.8 Å². The van der Waals surface area contributed by atoms with Crippen molar-refractivity contribution >= 4 is 17.6 Å². The Morgan fingerprint density at radius 3 is 2.57 bits per heavy atom. The first-order valence-electron chi connectivity index (χ1n) is 7.55. The molecule has 1 aromatic rings. The van der Waals surface area contributed by atoms with Crippen LogP contribution < -0.4 is 10.6 Å². The average molecular weight is 309 g/mol. The predicted molar refractivity (Wildman–Crippen MR) is 82.3 cm³/mol. The summed E-state index contributed by atoms with van der Waals surface area (Å²) < 4.78 is 5.43. The van der Waals surface area contributed by atoms with E-state index >= 15 is 0 Å². The Hall–Kier alpha value is -1.26. The Labute approximate surface area is 130 Å². The van der Waals surface area contributed by atoms with Crippen molar-refractivity contribution in [1.29, 1.82) is 0 Å². The molecule has 0 radical (unpaired) electrons. The van der Waals surface area contributed by atoms with Crippen molar-refractivity contribution in [3.05, 3.63) is 34.9 Å². The third kappa shape index (κ3) is 3.33. The summed E-state index contributed by atoms with van der Waals surface area (Å²) in [6, 6.07) is 7.73. The minimum Gasteiger partial charge on any atom is -0.381 e. The highest BCUT2D eigenvalue weighted by molar-refractivity contribution is 6.30. The fourth-order valence-corrected chi connectivity index (χ4v) is 3.42. The molecule has 2 aliphatic rings. The number of hydrogen-bond acceptors (Lipinski definition) is 2. The fraction of sp³-hybridized carbons (Fsp3) is 0.562. The van der Waals surface area contributed by atoms with E-state index < -0.39 is 0 Å². The molecule has 0 bridgehead atoms. The van der Waals surface area contributed by atoms with Crippen LogP contribution >= 0.6 is 11.6 Å². The first-order valence-corrected chi connectivity index (χ1v) is 7.92. The molecule has 4 nitrogen and oxygen atoms in total. The number of nitrogens with one attached hydrogen (secondary N) is 2. The van der Waals surface area contributed by atoms with Gasteiger partial charge in [-0.25, -0.2) is 4.79 Å². The van der Waals surface area contributed by atoms with E-state index in [9.17, 15) is 4.79 Å². The largest absolute Gasteiger partial charge is 0.381 e. The van der Waals surface area contributed by atoms with E-state index in [1.165, 1.54) is 6.42 Å². The second-order valence-electron chi connectivity index (χ2n) is 6.02. The lowest BCUT2D eigenvalue weighted by molar-refractivity contribution is -0.0511. The smallest absolute Gasteiger partial charge is 0.315 e. The van der Waals surface area contributed by atoms with Gasteiger partial charge in [-0.15, -0.1) is 0 Å². The molecule has 2 N–H and O–H groups in total. The molecule has 2 fully saturated rings. The third-order valence-electron chi connectivity index (χ3n) is 4.83.